The number of ether oxygens (including phenoxy) is 4. The van der Waals surface area contributed by atoms with E-state index in [9.17, 15) is 40.8 Å². The monoisotopic (exact) mass is 1070 g/mol. The Morgan fingerprint density at radius 3 is 1.57 bits per heavy atom. The van der Waals surface area contributed by atoms with Crippen LogP contribution in [0.25, 0.3) is 11.0 Å². The van der Waals surface area contributed by atoms with Crippen LogP contribution < -0.4 is 11.5 Å². The number of anilines is 2. The number of phosphoric acid groups is 1. The summed E-state index contributed by atoms with van der Waals surface area (Å²) in [7, 11) is -4.93. The molecule has 2 aliphatic rings. The van der Waals surface area contributed by atoms with Crippen LogP contribution in [0.4, 0.5) is 11.6 Å². The molecule has 0 amide bonds. The third kappa shape index (κ3) is 13.7. The van der Waals surface area contributed by atoms with Crippen molar-refractivity contribution in [2.45, 2.75) is 164 Å². The molecule has 5 aromatic rings. The predicted molar refractivity (Wildman–Crippen MR) is 274 cm³/mol. The zero-order valence-corrected chi connectivity index (χ0v) is 43.7. The van der Waals surface area contributed by atoms with Crippen LogP contribution in [0.5, 0.6) is 0 Å². The van der Waals surface area contributed by atoms with Crippen LogP contribution in [0.1, 0.15) is 126 Å². The molecule has 9 atom stereocenters. The fourth-order valence-corrected chi connectivity index (χ4v) is 10.8. The average Bonchev–Trinajstić information content (AvgIpc) is 4.23. The van der Waals surface area contributed by atoms with Gasteiger partial charge in [-0.25, -0.2) is 23.6 Å². The summed E-state index contributed by atoms with van der Waals surface area (Å²) in [5.74, 6) is 0.145. The van der Waals surface area contributed by atoms with Crippen molar-refractivity contribution in [1.29, 1.82) is 15.8 Å². The molecule has 4 aromatic heterocycles. The Balaban J connectivity index is 1.02. The molecule has 23 nitrogen and oxygen atoms in total. The van der Waals surface area contributed by atoms with Gasteiger partial charge in [0.1, 0.15) is 78.6 Å². The first-order valence-corrected chi connectivity index (χ1v) is 27.6. The molecule has 410 valence electrons. The van der Waals surface area contributed by atoms with Crippen LogP contribution in [-0.4, -0.2) is 125 Å². The molecule has 2 saturated heterocycles. The first kappa shape index (κ1) is 58.0. The molecule has 7 rings (SSSR count). The number of aliphatic hydroxyl groups excluding tert-OH is 4. The lowest BCUT2D eigenvalue weighted by molar-refractivity contribution is -0.0802. The van der Waals surface area contributed by atoms with E-state index in [0.717, 1.165) is 43.9 Å². The molecule has 0 spiro atoms. The fourth-order valence-electron chi connectivity index (χ4n) is 9.54. The van der Waals surface area contributed by atoms with Gasteiger partial charge in [-0.2, -0.15) is 26.0 Å². The van der Waals surface area contributed by atoms with Gasteiger partial charge in [-0.3, -0.25) is 13.6 Å². The highest BCUT2D eigenvalue weighted by Gasteiger charge is 2.59. The second-order valence-corrected chi connectivity index (χ2v) is 21.0. The van der Waals surface area contributed by atoms with Gasteiger partial charge >= 0.3 is 7.82 Å². The normalized spacial score (nSPS) is 24.0. The summed E-state index contributed by atoms with van der Waals surface area (Å²) in [6.07, 6.45) is 9.19. The molecule has 0 aliphatic carbocycles. The molecule has 24 heteroatoms. The third-order valence-electron chi connectivity index (χ3n) is 14.0. The molecule has 0 radical (unpaired) electrons. The fraction of sp³-hybridized carbons (Fsp3) is 0.596. The van der Waals surface area contributed by atoms with Gasteiger partial charge < -0.3 is 50.8 Å². The standard InChI is InChI=1S/C52H70N11O12P/c1-2-3-4-5-6-7-8-9-10-11-12-13-14-15-16-25-69-28-38(70-27-37-19-17-36(26-53)18-20-37)29-71-76(68,72-30-41-45(64)47(66)51(32-54,74-41)43-23-21-39-49(56)58-34-60-62(39)43)73-31-42-46(65)48(67)52(33-55,75-42)44-24-22-40-50(57)59-35-61-63(40)44/h17-24,34-35,38,41-42,45-48,64-67H,2-16,25,27-31H2,1H3,(H2,56,58,60)(H2,57,59,61)/t38-,41-,42-,45-,46-,47-,48-,51+,52+/m1/s1. The molecular formula is C52H70N11O12P. The Labute approximate surface area is 441 Å². The summed E-state index contributed by atoms with van der Waals surface area (Å²) in [6, 6.07) is 18.6. The van der Waals surface area contributed by atoms with E-state index < -0.39 is 81.6 Å². The lowest BCUT2D eigenvalue weighted by atomic mass is 9.92. The Kier molecular flexibility index (Phi) is 21.0. The van der Waals surface area contributed by atoms with Crippen molar-refractivity contribution in [1.82, 2.24) is 29.2 Å². The first-order chi connectivity index (χ1) is 36.8. The number of nitrogen functional groups attached to an aromatic ring is 2. The predicted octanol–water partition coefficient (Wildman–Crippen LogP) is 5.82. The second-order valence-electron chi connectivity index (χ2n) is 19.3. The number of phosphoric ester groups is 1. The molecular weight excluding hydrogens is 1000 g/mol. The average molecular weight is 1070 g/mol. The number of nitrogens with two attached hydrogens (primary N) is 2. The Morgan fingerprint density at radius 2 is 1.12 bits per heavy atom. The summed E-state index contributed by atoms with van der Waals surface area (Å²) in [4.78, 5) is 7.91. The number of rotatable bonds is 32. The number of nitrogens with zero attached hydrogens (tertiary/aromatic N) is 9. The van der Waals surface area contributed by atoms with E-state index in [4.69, 9.17) is 44.0 Å². The van der Waals surface area contributed by atoms with Crippen molar-refractivity contribution in [2.24, 2.45) is 0 Å². The Bertz CT molecular complexity index is 2690. The van der Waals surface area contributed by atoms with Gasteiger partial charge in [0.15, 0.2) is 11.6 Å². The van der Waals surface area contributed by atoms with Gasteiger partial charge in [0.05, 0.1) is 56.1 Å². The minimum absolute atomic E-state index is 0.00671. The molecule has 8 N–H and O–H groups in total. The summed E-state index contributed by atoms with van der Waals surface area (Å²) in [5.41, 5.74) is 9.34. The molecule has 76 heavy (non-hydrogen) atoms. The summed E-state index contributed by atoms with van der Waals surface area (Å²) >= 11 is 0. The molecule has 2 fully saturated rings. The maximum atomic E-state index is 14.9. The highest BCUT2D eigenvalue weighted by molar-refractivity contribution is 7.48. The van der Waals surface area contributed by atoms with Crippen LogP contribution in [-0.2, 0) is 54.9 Å². The van der Waals surface area contributed by atoms with Crippen LogP contribution in [0.15, 0.2) is 61.2 Å². The number of unbranched alkanes of at least 4 members (excludes halogenated alkanes) is 14. The van der Waals surface area contributed by atoms with Gasteiger partial charge in [-0.05, 0) is 48.4 Å². The highest BCUT2D eigenvalue weighted by atomic mass is 31.2. The topological polar surface area (TPSA) is 346 Å². The number of aliphatic hydroxyl groups is 4. The largest absolute Gasteiger partial charge is 0.475 e. The smallest absolute Gasteiger partial charge is 0.387 e. The van der Waals surface area contributed by atoms with E-state index in [0.29, 0.717) is 23.2 Å². The van der Waals surface area contributed by atoms with E-state index in [1.165, 1.54) is 104 Å². The molecule has 1 aromatic carbocycles. The quantitative estimate of drug-likeness (QED) is 0.0218. The van der Waals surface area contributed by atoms with Crippen molar-refractivity contribution in [3.8, 4) is 18.2 Å². The number of fused-ring (bicyclic) bond motifs is 2. The highest BCUT2D eigenvalue weighted by Crippen LogP contribution is 2.52. The number of benzene rings is 1. The van der Waals surface area contributed by atoms with Crippen LogP contribution in [0.2, 0.25) is 0 Å². The van der Waals surface area contributed by atoms with E-state index in [2.05, 4.69) is 33.2 Å². The van der Waals surface area contributed by atoms with Gasteiger partial charge in [0, 0.05) is 6.61 Å². The Hall–Kier alpha value is -5.68. The molecule has 2 aliphatic heterocycles. The number of aromatic nitrogens is 6. The van der Waals surface area contributed by atoms with E-state index >= 15 is 0 Å². The summed E-state index contributed by atoms with van der Waals surface area (Å²) < 4.78 is 59.5. The van der Waals surface area contributed by atoms with Gasteiger partial charge in [0.25, 0.3) is 0 Å². The summed E-state index contributed by atoms with van der Waals surface area (Å²) in [5, 5.41) is 84.2. The SMILES string of the molecule is CCCCCCCCCCCCCCCCCOC[C@H](COP(=O)(OC[C@H]1O[C@@](C#N)(c2ccc3c(N)ncnn23)[C@H](O)[C@@H]1O)OC[C@H]1O[C@@](C#N)(c2ccc3c(N)ncnn23)[C@H](O)[C@@H]1O)OCc1ccc(C#N)cc1. The van der Waals surface area contributed by atoms with Crippen molar-refractivity contribution in [3.63, 3.8) is 0 Å². The van der Waals surface area contributed by atoms with Crippen molar-refractivity contribution in [2.75, 3.05) is 44.5 Å². The molecule has 0 unspecified atom stereocenters. The van der Waals surface area contributed by atoms with Crippen LogP contribution >= 0.6 is 7.82 Å². The maximum Gasteiger partial charge on any atom is 0.475 e. The maximum absolute atomic E-state index is 14.9. The molecule has 0 bridgehead atoms. The van der Waals surface area contributed by atoms with E-state index in [1.807, 2.05) is 12.1 Å². The van der Waals surface area contributed by atoms with Crippen LogP contribution in [0.3, 0.4) is 0 Å². The molecule has 6 heterocycles. The van der Waals surface area contributed by atoms with Gasteiger partial charge in [0.2, 0.25) is 11.2 Å². The van der Waals surface area contributed by atoms with Crippen molar-refractivity contribution >= 4 is 30.5 Å². The van der Waals surface area contributed by atoms with Gasteiger partial charge in [-0.15, -0.1) is 0 Å². The van der Waals surface area contributed by atoms with E-state index in [1.54, 1.807) is 24.3 Å². The number of nitriles is 3. The summed E-state index contributed by atoms with van der Waals surface area (Å²) in [6.45, 7) is 0.588. The zero-order valence-electron chi connectivity index (χ0n) is 42.8. The second kappa shape index (κ2) is 27.6. The number of hydrogen-bond donors (Lipinski definition) is 6. The Morgan fingerprint density at radius 1 is 0.658 bits per heavy atom. The van der Waals surface area contributed by atoms with E-state index in [-0.39, 0.29) is 36.2 Å². The minimum Gasteiger partial charge on any atom is -0.387 e. The first-order valence-electron chi connectivity index (χ1n) is 26.1. The number of hydrogen-bond acceptors (Lipinski definition) is 21. The van der Waals surface area contributed by atoms with Crippen molar-refractivity contribution < 1.29 is 57.5 Å². The molecule has 0 saturated carbocycles. The lowest BCUT2D eigenvalue weighted by Crippen LogP contribution is -2.41. The third-order valence-corrected chi connectivity index (χ3v) is 15.3. The van der Waals surface area contributed by atoms with Gasteiger partial charge in [-0.1, -0.05) is 109 Å². The van der Waals surface area contributed by atoms with Crippen molar-refractivity contribution in [3.05, 3.63) is 83.7 Å². The minimum atomic E-state index is -4.93. The lowest BCUT2D eigenvalue weighted by Gasteiger charge is -2.26. The van der Waals surface area contributed by atoms with Crippen LogP contribution in [0, 0.1) is 34.0 Å². The zero-order chi connectivity index (χ0) is 54.1.